The van der Waals surface area contributed by atoms with Crippen LogP contribution in [0.4, 0.5) is 5.69 Å². The Morgan fingerprint density at radius 3 is 2.69 bits per heavy atom. The second kappa shape index (κ2) is 7.48. The van der Waals surface area contributed by atoms with Gasteiger partial charge >= 0.3 is 5.97 Å². The molecule has 1 atom stereocenters. The first kappa shape index (κ1) is 18.8. The molecule has 0 aromatic heterocycles. The van der Waals surface area contributed by atoms with Gasteiger partial charge in [0.05, 0.1) is 10.5 Å². The average molecular weight is 395 g/mol. The van der Waals surface area contributed by atoms with Crippen molar-refractivity contribution in [1.82, 2.24) is 0 Å². The van der Waals surface area contributed by atoms with Crippen LogP contribution in [0.15, 0.2) is 42.2 Å². The molecule has 1 unspecified atom stereocenters. The Balaban J connectivity index is 1.56. The summed E-state index contributed by atoms with van der Waals surface area (Å²) in [5, 5.41) is 10.8. The molecule has 148 valence electrons. The summed E-state index contributed by atoms with van der Waals surface area (Å²) in [5.41, 5.74) is 1.57. The number of carbonyl (C=O) groups excluding carboxylic acids is 2. The number of ether oxygens (including phenoxy) is 3. The van der Waals surface area contributed by atoms with Crippen LogP contribution in [-0.4, -0.2) is 29.4 Å². The Bertz CT molecular complexity index is 1030. The molecule has 0 radical (unpaired) electrons. The Labute approximate surface area is 165 Å². The summed E-state index contributed by atoms with van der Waals surface area (Å²) in [7, 11) is 0. The lowest BCUT2D eigenvalue weighted by molar-refractivity contribution is -0.384. The number of hydrogen-bond acceptors (Lipinski definition) is 7. The first-order chi connectivity index (χ1) is 13.9. The second-order valence-electron chi connectivity index (χ2n) is 6.82. The maximum atomic E-state index is 12.7. The molecule has 8 nitrogen and oxygen atoms in total. The van der Waals surface area contributed by atoms with Crippen LogP contribution >= 0.6 is 0 Å². The van der Waals surface area contributed by atoms with E-state index in [9.17, 15) is 19.7 Å². The van der Waals surface area contributed by atoms with Gasteiger partial charge in [0, 0.05) is 24.8 Å². The summed E-state index contributed by atoms with van der Waals surface area (Å²) in [6.07, 6.45) is 2.39. The third kappa shape index (κ3) is 3.74. The van der Waals surface area contributed by atoms with Crippen LogP contribution in [0.5, 0.6) is 11.5 Å². The zero-order chi connectivity index (χ0) is 20.5. The standard InChI is InChI=1S/C21H17NO7/c1-12-9-15(28-21(24)16-3-2-8-27-16)11-17-19(12)20(23)18(29-17)10-13-4-6-14(7-5-13)22(25)26/h4-7,9-11,16H,2-3,8H2,1H3/b18-10-. The van der Waals surface area contributed by atoms with Crippen molar-refractivity contribution in [2.24, 2.45) is 0 Å². The van der Waals surface area contributed by atoms with Crippen LogP contribution in [0.2, 0.25) is 0 Å². The van der Waals surface area contributed by atoms with Gasteiger partial charge in [-0.15, -0.1) is 0 Å². The molecule has 8 heteroatoms. The second-order valence-corrected chi connectivity index (χ2v) is 6.82. The number of Topliss-reactive ketones (excluding diaryl/α,β-unsaturated/α-hetero) is 1. The molecule has 2 aromatic rings. The van der Waals surface area contributed by atoms with Gasteiger partial charge in [-0.2, -0.15) is 0 Å². The lowest BCUT2D eigenvalue weighted by Crippen LogP contribution is -2.24. The summed E-state index contributed by atoms with van der Waals surface area (Å²) in [5.74, 6) is -0.0790. The van der Waals surface area contributed by atoms with Gasteiger partial charge in [0.15, 0.2) is 11.9 Å². The number of aryl methyl sites for hydroxylation is 1. The fourth-order valence-corrected chi connectivity index (χ4v) is 3.33. The number of nitro benzene ring substituents is 1. The molecular weight excluding hydrogens is 378 g/mol. The number of non-ortho nitro benzene ring substituents is 1. The van der Waals surface area contributed by atoms with E-state index < -0.39 is 17.0 Å². The molecule has 0 saturated carbocycles. The van der Waals surface area contributed by atoms with Gasteiger partial charge in [-0.1, -0.05) is 0 Å². The molecule has 4 rings (SSSR count). The van der Waals surface area contributed by atoms with Gasteiger partial charge in [0.1, 0.15) is 11.5 Å². The predicted octanol–water partition coefficient (Wildman–Crippen LogP) is 3.60. The number of carbonyl (C=O) groups is 2. The summed E-state index contributed by atoms with van der Waals surface area (Å²) < 4.78 is 16.4. The molecule has 0 bridgehead atoms. The molecule has 0 spiro atoms. The molecular formula is C21H17NO7. The van der Waals surface area contributed by atoms with Gasteiger partial charge < -0.3 is 14.2 Å². The van der Waals surface area contributed by atoms with Gasteiger partial charge in [-0.3, -0.25) is 14.9 Å². The van der Waals surface area contributed by atoms with Crippen LogP contribution < -0.4 is 9.47 Å². The predicted molar refractivity (Wildman–Crippen MR) is 102 cm³/mol. The number of nitrogens with zero attached hydrogens (tertiary/aromatic N) is 1. The van der Waals surface area contributed by atoms with Crippen molar-refractivity contribution >= 4 is 23.5 Å². The molecule has 0 amide bonds. The number of ketones is 1. The van der Waals surface area contributed by atoms with Gasteiger partial charge in [-0.25, -0.2) is 4.79 Å². The van der Waals surface area contributed by atoms with E-state index in [0.717, 1.165) is 6.42 Å². The lowest BCUT2D eigenvalue weighted by atomic mass is 10.0. The monoisotopic (exact) mass is 395 g/mol. The maximum Gasteiger partial charge on any atom is 0.340 e. The third-order valence-electron chi connectivity index (χ3n) is 4.76. The topological polar surface area (TPSA) is 105 Å². The highest BCUT2D eigenvalue weighted by Gasteiger charge is 2.31. The molecule has 1 fully saturated rings. The van der Waals surface area contributed by atoms with Crippen molar-refractivity contribution in [3.8, 4) is 11.5 Å². The minimum Gasteiger partial charge on any atom is -0.452 e. The molecule has 0 N–H and O–H groups in total. The highest BCUT2D eigenvalue weighted by Crippen LogP contribution is 2.37. The van der Waals surface area contributed by atoms with Crippen LogP contribution in [0, 0.1) is 17.0 Å². The van der Waals surface area contributed by atoms with E-state index in [4.69, 9.17) is 14.2 Å². The zero-order valence-electron chi connectivity index (χ0n) is 15.5. The van der Waals surface area contributed by atoms with E-state index in [-0.39, 0.29) is 23.0 Å². The van der Waals surface area contributed by atoms with Crippen LogP contribution in [0.25, 0.3) is 6.08 Å². The number of rotatable bonds is 4. The Kier molecular flexibility index (Phi) is 4.85. The first-order valence-electron chi connectivity index (χ1n) is 9.09. The number of esters is 1. The minimum absolute atomic E-state index is 0.0392. The number of benzene rings is 2. The number of hydrogen-bond donors (Lipinski definition) is 0. The molecule has 2 aliphatic rings. The van der Waals surface area contributed by atoms with E-state index >= 15 is 0 Å². The van der Waals surface area contributed by atoms with Crippen LogP contribution in [0.3, 0.4) is 0 Å². The fourth-order valence-electron chi connectivity index (χ4n) is 3.33. The van der Waals surface area contributed by atoms with Gasteiger partial charge in [0.25, 0.3) is 5.69 Å². The third-order valence-corrected chi connectivity index (χ3v) is 4.76. The Morgan fingerprint density at radius 1 is 1.28 bits per heavy atom. The quantitative estimate of drug-likeness (QED) is 0.256. The van der Waals surface area contributed by atoms with Gasteiger partial charge in [0.2, 0.25) is 5.78 Å². The molecule has 1 saturated heterocycles. The normalized spacial score (nSPS) is 19.1. The Morgan fingerprint density at radius 2 is 2.03 bits per heavy atom. The van der Waals surface area contributed by atoms with E-state index in [1.165, 1.54) is 36.4 Å². The smallest absolute Gasteiger partial charge is 0.340 e. The molecule has 2 aliphatic heterocycles. The van der Waals surface area contributed by atoms with Crippen LogP contribution in [-0.2, 0) is 9.53 Å². The van der Waals surface area contributed by atoms with Crippen molar-refractivity contribution in [2.45, 2.75) is 25.9 Å². The minimum atomic E-state index is -0.566. The van der Waals surface area contributed by atoms with Gasteiger partial charge in [-0.05, 0) is 55.2 Å². The van der Waals surface area contributed by atoms with E-state index in [2.05, 4.69) is 0 Å². The lowest BCUT2D eigenvalue weighted by Gasteiger charge is -2.11. The fraction of sp³-hybridized carbons (Fsp3) is 0.238. The highest BCUT2D eigenvalue weighted by molar-refractivity contribution is 6.15. The average Bonchev–Trinajstić information content (AvgIpc) is 3.31. The maximum absolute atomic E-state index is 12.7. The van der Waals surface area contributed by atoms with E-state index in [1.54, 1.807) is 13.0 Å². The summed E-state index contributed by atoms with van der Waals surface area (Å²) >= 11 is 0. The molecule has 2 heterocycles. The van der Waals surface area contributed by atoms with E-state index in [0.29, 0.717) is 35.5 Å². The number of fused-ring (bicyclic) bond motifs is 1. The zero-order valence-corrected chi connectivity index (χ0v) is 15.5. The SMILES string of the molecule is Cc1cc(OC(=O)C2CCCO2)cc2c1C(=O)/C(=C/c1ccc([N+](=O)[O-])cc1)O2. The summed E-state index contributed by atoms with van der Waals surface area (Å²) in [6.45, 7) is 2.27. The van der Waals surface area contributed by atoms with Crippen molar-refractivity contribution in [1.29, 1.82) is 0 Å². The molecule has 0 aliphatic carbocycles. The molecule has 29 heavy (non-hydrogen) atoms. The van der Waals surface area contributed by atoms with Crippen molar-refractivity contribution in [3.63, 3.8) is 0 Å². The van der Waals surface area contributed by atoms with Crippen molar-refractivity contribution < 1.29 is 28.7 Å². The number of nitro groups is 1. The molecule has 2 aromatic carbocycles. The largest absolute Gasteiger partial charge is 0.452 e. The summed E-state index contributed by atoms with van der Waals surface area (Å²) in [4.78, 5) is 35.1. The highest BCUT2D eigenvalue weighted by atomic mass is 16.6. The van der Waals surface area contributed by atoms with E-state index in [1.807, 2.05) is 0 Å². The van der Waals surface area contributed by atoms with Crippen molar-refractivity contribution in [3.05, 3.63) is 69.0 Å². The number of allylic oxidation sites excluding steroid dienone is 1. The van der Waals surface area contributed by atoms with Crippen LogP contribution in [0.1, 0.15) is 34.3 Å². The summed E-state index contributed by atoms with van der Waals surface area (Å²) in [6, 6.07) is 8.89. The Hall–Kier alpha value is -3.52. The first-order valence-corrected chi connectivity index (χ1v) is 9.09. The van der Waals surface area contributed by atoms with Crippen molar-refractivity contribution in [2.75, 3.05) is 6.61 Å².